The summed E-state index contributed by atoms with van der Waals surface area (Å²) < 4.78 is 5.33. The van der Waals surface area contributed by atoms with Crippen molar-refractivity contribution in [2.24, 2.45) is 0 Å². The summed E-state index contributed by atoms with van der Waals surface area (Å²) >= 11 is 0. The van der Waals surface area contributed by atoms with Crippen molar-refractivity contribution in [2.45, 2.75) is 13.0 Å². The van der Waals surface area contributed by atoms with Crippen LogP contribution in [0.2, 0.25) is 0 Å². The minimum atomic E-state index is 0.945. The van der Waals surface area contributed by atoms with Gasteiger partial charge < -0.3 is 10.1 Å². The van der Waals surface area contributed by atoms with Crippen molar-refractivity contribution < 1.29 is 4.74 Å². The predicted octanol–water partition coefficient (Wildman–Crippen LogP) is -0.401. The van der Waals surface area contributed by atoms with Gasteiger partial charge in [0.1, 0.15) is 13.6 Å². The molecular weight excluding hydrogens is 161 g/mol. The maximum absolute atomic E-state index is 5.33. The molecule has 0 spiro atoms. The van der Waals surface area contributed by atoms with Gasteiger partial charge >= 0.3 is 0 Å². The Hall–Kier alpha value is -0.955. The molecular formula is C10H14BNO. The average Bonchev–Trinajstić information content (AvgIpc) is 2.19. The Morgan fingerprint density at radius 1 is 1.38 bits per heavy atom. The van der Waals surface area contributed by atoms with Crippen LogP contribution >= 0.6 is 0 Å². The van der Waals surface area contributed by atoms with Crippen molar-refractivity contribution in [1.82, 2.24) is 5.32 Å². The van der Waals surface area contributed by atoms with E-state index in [0.29, 0.717) is 0 Å². The Kier molecular flexibility index (Phi) is 2.27. The van der Waals surface area contributed by atoms with E-state index in [0.717, 1.165) is 25.3 Å². The van der Waals surface area contributed by atoms with Crippen molar-refractivity contribution in [2.75, 3.05) is 13.7 Å². The van der Waals surface area contributed by atoms with Gasteiger partial charge in [-0.05, 0) is 24.6 Å². The molecule has 1 heterocycles. The van der Waals surface area contributed by atoms with E-state index in [-0.39, 0.29) is 0 Å². The van der Waals surface area contributed by atoms with Crippen molar-refractivity contribution in [3.8, 4) is 5.75 Å². The third-order valence-corrected chi connectivity index (χ3v) is 2.70. The van der Waals surface area contributed by atoms with Gasteiger partial charge in [-0.3, -0.25) is 0 Å². The van der Waals surface area contributed by atoms with Crippen LogP contribution in [0.5, 0.6) is 5.75 Å². The summed E-state index contributed by atoms with van der Waals surface area (Å²) in [5, 5.41) is 3.36. The van der Waals surface area contributed by atoms with E-state index in [1.54, 1.807) is 7.11 Å². The molecule has 1 aromatic rings. The zero-order chi connectivity index (χ0) is 9.26. The molecule has 3 heteroatoms. The topological polar surface area (TPSA) is 21.3 Å². The lowest BCUT2D eigenvalue weighted by molar-refractivity contribution is 0.405. The molecule has 0 saturated carbocycles. The first-order valence-electron chi connectivity index (χ1n) is 4.69. The van der Waals surface area contributed by atoms with Gasteiger partial charge in [-0.1, -0.05) is 11.5 Å². The number of hydrogen-bond donors (Lipinski definition) is 1. The van der Waals surface area contributed by atoms with Crippen LogP contribution < -0.4 is 15.5 Å². The molecule has 1 aromatic carbocycles. The lowest BCUT2D eigenvalue weighted by Gasteiger charge is -2.21. The smallest absolute Gasteiger partial charge is 0.139 e. The zero-order valence-electron chi connectivity index (χ0n) is 8.18. The fraction of sp³-hybridized carbons (Fsp3) is 0.400. The van der Waals surface area contributed by atoms with Gasteiger partial charge in [0, 0.05) is 12.1 Å². The normalized spacial score (nSPS) is 15.2. The summed E-state index contributed by atoms with van der Waals surface area (Å²) in [6.07, 6.45) is 1.12. The molecule has 0 bridgehead atoms. The molecule has 1 aliphatic heterocycles. The molecule has 0 amide bonds. The minimum absolute atomic E-state index is 0.945. The lowest BCUT2D eigenvalue weighted by Crippen LogP contribution is -2.29. The zero-order valence-corrected chi connectivity index (χ0v) is 8.18. The molecule has 0 unspecified atom stereocenters. The Labute approximate surface area is 79.7 Å². The number of hydrogen-bond acceptors (Lipinski definition) is 2. The molecule has 2 rings (SSSR count). The molecule has 0 aliphatic carbocycles. The first-order valence-corrected chi connectivity index (χ1v) is 4.69. The van der Waals surface area contributed by atoms with Crippen LogP contribution in [0.3, 0.4) is 0 Å². The van der Waals surface area contributed by atoms with E-state index >= 15 is 0 Å². The van der Waals surface area contributed by atoms with E-state index in [4.69, 9.17) is 4.74 Å². The first kappa shape index (κ1) is 8.63. The van der Waals surface area contributed by atoms with Gasteiger partial charge in [0.25, 0.3) is 0 Å². The first-order chi connectivity index (χ1) is 6.33. The van der Waals surface area contributed by atoms with Crippen molar-refractivity contribution >= 4 is 13.3 Å². The van der Waals surface area contributed by atoms with Gasteiger partial charge in [0.05, 0.1) is 7.11 Å². The number of rotatable bonds is 1. The molecule has 0 aromatic heterocycles. The summed E-state index contributed by atoms with van der Waals surface area (Å²) in [6, 6.07) is 4.20. The quantitative estimate of drug-likeness (QED) is 0.586. The summed E-state index contributed by atoms with van der Waals surface area (Å²) in [5.41, 5.74) is 4.20. The molecule has 68 valence electrons. The molecule has 13 heavy (non-hydrogen) atoms. The van der Waals surface area contributed by atoms with Crippen LogP contribution in [0.15, 0.2) is 12.1 Å². The average molecular weight is 175 g/mol. The third-order valence-electron chi connectivity index (χ3n) is 2.70. The van der Waals surface area contributed by atoms with E-state index in [1.165, 1.54) is 16.6 Å². The minimum Gasteiger partial charge on any atom is -0.496 e. The SMILES string of the molecule is Bc1ccc(OC)c2c1CCNC2. The molecule has 1 aliphatic rings. The number of nitrogens with one attached hydrogen (secondary N) is 1. The van der Waals surface area contributed by atoms with Crippen LogP contribution in [0.25, 0.3) is 0 Å². The van der Waals surface area contributed by atoms with Gasteiger partial charge in [-0.25, -0.2) is 0 Å². The monoisotopic (exact) mass is 175 g/mol. The van der Waals surface area contributed by atoms with Gasteiger partial charge in [0.2, 0.25) is 0 Å². The molecule has 1 N–H and O–H groups in total. The molecule has 2 nitrogen and oxygen atoms in total. The summed E-state index contributed by atoms with van der Waals surface area (Å²) in [7, 11) is 3.91. The standard InChI is InChI=1S/C10H14BNO/c1-13-10-3-2-9(11)7-4-5-12-6-8(7)10/h2-3,12H,4-6,11H2,1H3. The highest BCUT2D eigenvalue weighted by molar-refractivity contribution is 6.33. The Morgan fingerprint density at radius 3 is 3.00 bits per heavy atom. The third kappa shape index (κ3) is 1.44. The van der Waals surface area contributed by atoms with Gasteiger partial charge in [0.15, 0.2) is 0 Å². The van der Waals surface area contributed by atoms with Gasteiger partial charge in [-0.15, -0.1) is 0 Å². The van der Waals surface area contributed by atoms with E-state index in [9.17, 15) is 0 Å². The number of fused-ring (bicyclic) bond motifs is 1. The molecule has 0 saturated heterocycles. The van der Waals surface area contributed by atoms with E-state index in [2.05, 4.69) is 25.3 Å². The Bertz CT molecular complexity index is 325. The maximum atomic E-state index is 5.33. The maximum Gasteiger partial charge on any atom is 0.139 e. The van der Waals surface area contributed by atoms with E-state index in [1.807, 2.05) is 0 Å². The number of ether oxygens (including phenoxy) is 1. The van der Waals surface area contributed by atoms with Crippen LogP contribution in [0.1, 0.15) is 11.1 Å². The van der Waals surface area contributed by atoms with Crippen molar-refractivity contribution in [3.05, 3.63) is 23.3 Å². The summed E-state index contributed by atoms with van der Waals surface area (Å²) in [6.45, 7) is 2.03. The second-order valence-electron chi connectivity index (χ2n) is 3.47. The number of methoxy groups -OCH3 is 1. The van der Waals surface area contributed by atoms with Crippen LogP contribution in [-0.2, 0) is 13.0 Å². The van der Waals surface area contributed by atoms with Crippen LogP contribution in [0.4, 0.5) is 0 Å². The van der Waals surface area contributed by atoms with Crippen molar-refractivity contribution in [3.63, 3.8) is 0 Å². The van der Waals surface area contributed by atoms with Crippen LogP contribution in [0, 0.1) is 0 Å². The number of benzene rings is 1. The predicted molar refractivity (Wildman–Crippen MR) is 56.6 cm³/mol. The van der Waals surface area contributed by atoms with E-state index < -0.39 is 0 Å². The molecule has 0 fully saturated rings. The Balaban J connectivity index is 2.52. The second-order valence-corrected chi connectivity index (χ2v) is 3.47. The highest BCUT2D eigenvalue weighted by Crippen LogP contribution is 2.22. The summed E-state index contributed by atoms with van der Waals surface area (Å²) in [5.74, 6) is 1.02. The van der Waals surface area contributed by atoms with Crippen LogP contribution in [-0.4, -0.2) is 21.5 Å². The fourth-order valence-corrected chi connectivity index (χ4v) is 1.95. The highest BCUT2D eigenvalue weighted by atomic mass is 16.5. The highest BCUT2D eigenvalue weighted by Gasteiger charge is 2.14. The summed E-state index contributed by atoms with van der Waals surface area (Å²) in [4.78, 5) is 0. The molecule has 0 atom stereocenters. The molecule has 0 radical (unpaired) electrons. The fourth-order valence-electron chi connectivity index (χ4n) is 1.95. The van der Waals surface area contributed by atoms with Crippen molar-refractivity contribution in [1.29, 1.82) is 0 Å². The largest absolute Gasteiger partial charge is 0.496 e. The second kappa shape index (κ2) is 3.42. The Morgan fingerprint density at radius 2 is 2.23 bits per heavy atom. The lowest BCUT2D eigenvalue weighted by atomic mass is 9.84. The van der Waals surface area contributed by atoms with Gasteiger partial charge in [-0.2, -0.15) is 0 Å².